The Morgan fingerprint density at radius 1 is 1.33 bits per heavy atom. The molecule has 0 aromatic rings. The number of nitrogens with one attached hydrogen (secondary N) is 1. The van der Waals surface area contributed by atoms with Crippen molar-refractivity contribution in [3.63, 3.8) is 0 Å². The molecule has 3 heteroatoms. The molecule has 1 atom stereocenters. The van der Waals surface area contributed by atoms with Crippen LogP contribution >= 0.6 is 11.6 Å². The minimum atomic E-state index is 0.169. The molecule has 0 aromatic carbocycles. The fourth-order valence-corrected chi connectivity index (χ4v) is 2.79. The average molecular weight is 274 g/mol. The Kier molecular flexibility index (Phi) is 5.51. The molecule has 1 fully saturated rings. The second-order valence-electron chi connectivity index (χ2n) is 7.09. The summed E-state index contributed by atoms with van der Waals surface area (Å²) in [7, 11) is 0. The van der Waals surface area contributed by atoms with Gasteiger partial charge in [-0.1, -0.05) is 40.5 Å². The highest BCUT2D eigenvalue weighted by atomic mass is 35.5. The van der Waals surface area contributed by atoms with E-state index in [1.165, 1.54) is 12.8 Å². The molecule has 1 amide bonds. The van der Waals surface area contributed by atoms with E-state index in [1.807, 2.05) is 0 Å². The third-order valence-electron chi connectivity index (χ3n) is 4.58. The summed E-state index contributed by atoms with van der Waals surface area (Å²) in [5.41, 5.74) is 0.358. The monoisotopic (exact) mass is 273 g/mol. The molecule has 0 radical (unpaired) electrons. The van der Waals surface area contributed by atoms with Crippen LogP contribution in [0.15, 0.2) is 0 Å². The Labute approximate surface area is 117 Å². The zero-order valence-electron chi connectivity index (χ0n) is 12.3. The molecule has 1 unspecified atom stereocenters. The van der Waals surface area contributed by atoms with Gasteiger partial charge in [0.05, 0.1) is 0 Å². The molecule has 1 N–H and O–H groups in total. The van der Waals surface area contributed by atoms with Gasteiger partial charge < -0.3 is 5.32 Å². The Bertz CT molecular complexity index is 277. The number of hydrogen-bond acceptors (Lipinski definition) is 1. The van der Waals surface area contributed by atoms with Gasteiger partial charge in [-0.2, -0.15) is 0 Å². The number of hydrogen-bond donors (Lipinski definition) is 1. The fourth-order valence-electron chi connectivity index (χ4n) is 2.43. The summed E-state index contributed by atoms with van der Waals surface area (Å²) in [6, 6.07) is 0. The van der Waals surface area contributed by atoms with E-state index < -0.39 is 0 Å². The Hall–Kier alpha value is -0.240. The SMILES string of the molecule is CC(CC(=O)NCC1(CCl)CCCC1)C(C)(C)C. The smallest absolute Gasteiger partial charge is 0.220 e. The normalized spacial score (nSPS) is 20.7. The van der Waals surface area contributed by atoms with Crippen molar-refractivity contribution in [2.75, 3.05) is 12.4 Å². The molecule has 0 spiro atoms. The molecule has 2 nitrogen and oxygen atoms in total. The van der Waals surface area contributed by atoms with E-state index in [-0.39, 0.29) is 16.7 Å². The first-order valence-corrected chi connectivity index (χ1v) is 7.65. The molecule has 18 heavy (non-hydrogen) atoms. The van der Waals surface area contributed by atoms with Crippen molar-refractivity contribution in [2.45, 2.75) is 59.8 Å². The highest BCUT2D eigenvalue weighted by Crippen LogP contribution is 2.38. The number of carbonyl (C=O) groups excluding carboxylic acids is 1. The van der Waals surface area contributed by atoms with Crippen LogP contribution in [0, 0.1) is 16.7 Å². The second kappa shape index (κ2) is 6.27. The number of rotatable bonds is 5. The quantitative estimate of drug-likeness (QED) is 0.755. The summed E-state index contributed by atoms with van der Waals surface area (Å²) in [4.78, 5) is 12.0. The third kappa shape index (κ3) is 4.46. The van der Waals surface area contributed by atoms with E-state index in [0.29, 0.717) is 18.2 Å². The average Bonchev–Trinajstić information content (AvgIpc) is 2.74. The predicted octanol–water partition coefficient (Wildman–Crippen LogP) is 3.97. The summed E-state index contributed by atoms with van der Waals surface area (Å²) in [6.45, 7) is 9.45. The summed E-state index contributed by atoms with van der Waals surface area (Å²) >= 11 is 6.08. The number of alkyl halides is 1. The van der Waals surface area contributed by atoms with Crippen LogP contribution in [0.25, 0.3) is 0 Å². The van der Waals surface area contributed by atoms with E-state index in [9.17, 15) is 4.79 Å². The summed E-state index contributed by atoms with van der Waals surface area (Å²) in [5, 5.41) is 3.10. The molecular weight excluding hydrogens is 246 g/mol. The lowest BCUT2D eigenvalue weighted by Crippen LogP contribution is -2.38. The van der Waals surface area contributed by atoms with Crippen molar-refractivity contribution in [2.24, 2.45) is 16.7 Å². The first-order valence-electron chi connectivity index (χ1n) is 7.12. The van der Waals surface area contributed by atoms with E-state index in [4.69, 9.17) is 11.6 Å². The molecule has 0 saturated heterocycles. The van der Waals surface area contributed by atoms with Crippen molar-refractivity contribution in [1.82, 2.24) is 5.32 Å². The van der Waals surface area contributed by atoms with Gasteiger partial charge in [-0.05, 0) is 24.2 Å². The molecule has 0 aromatic heterocycles. The second-order valence-corrected chi connectivity index (χ2v) is 7.36. The van der Waals surface area contributed by atoms with Gasteiger partial charge in [-0.15, -0.1) is 11.6 Å². The van der Waals surface area contributed by atoms with E-state index in [2.05, 4.69) is 33.0 Å². The van der Waals surface area contributed by atoms with Gasteiger partial charge in [-0.25, -0.2) is 0 Å². The fraction of sp³-hybridized carbons (Fsp3) is 0.933. The zero-order valence-corrected chi connectivity index (χ0v) is 13.1. The van der Waals surface area contributed by atoms with Crippen LogP contribution in [0.4, 0.5) is 0 Å². The summed E-state index contributed by atoms with van der Waals surface area (Å²) in [5.74, 6) is 1.24. The van der Waals surface area contributed by atoms with Crippen LogP contribution in [-0.2, 0) is 4.79 Å². The lowest BCUT2D eigenvalue weighted by molar-refractivity contribution is -0.123. The van der Waals surface area contributed by atoms with Crippen LogP contribution < -0.4 is 5.32 Å². The van der Waals surface area contributed by atoms with Crippen LogP contribution in [0.2, 0.25) is 0 Å². The standard InChI is InChI=1S/C15H28ClNO/c1-12(14(2,3)4)9-13(18)17-11-15(10-16)7-5-6-8-15/h12H,5-11H2,1-4H3,(H,17,18). The maximum atomic E-state index is 12.0. The highest BCUT2D eigenvalue weighted by Gasteiger charge is 2.33. The maximum absolute atomic E-state index is 12.0. The van der Waals surface area contributed by atoms with Gasteiger partial charge in [0, 0.05) is 24.3 Å². The molecule has 0 aliphatic heterocycles. The molecule has 0 bridgehead atoms. The van der Waals surface area contributed by atoms with E-state index in [1.54, 1.807) is 0 Å². The van der Waals surface area contributed by atoms with Gasteiger partial charge in [0.1, 0.15) is 0 Å². The van der Waals surface area contributed by atoms with Gasteiger partial charge in [-0.3, -0.25) is 4.79 Å². The third-order valence-corrected chi connectivity index (χ3v) is 5.15. The number of carbonyl (C=O) groups is 1. The molecular formula is C15H28ClNO. The van der Waals surface area contributed by atoms with Crippen molar-refractivity contribution in [3.8, 4) is 0 Å². The van der Waals surface area contributed by atoms with E-state index >= 15 is 0 Å². The largest absolute Gasteiger partial charge is 0.355 e. The van der Waals surface area contributed by atoms with Crippen molar-refractivity contribution in [3.05, 3.63) is 0 Å². The van der Waals surface area contributed by atoms with Crippen molar-refractivity contribution >= 4 is 17.5 Å². The molecule has 1 saturated carbocycles. The number of halogens is 1. The van der Waals surface area contributed by atoms with Crippen molar-refractivity contribution in [1.29, 1.82) is 0 Å². The molecule has 106 valence electrons. The first kappa shape index (κ1) is 15.8. The Morgan fingerprint density at radius 3 is 2.33 bits per heavy atom. The Balaban J connectivity index is 2.37. The topological polar surface area (TPSA) is 29.1 Å². The molecule has 1 rings (SSSR count). The van der Waals surface area contributed by atoms with Gasteiger partial charge in [0.25, 0.3) is 0 Å². The lowest BCUT2D eigenvalue weighted by Gasteiger charge is -2.29. The van der Waals surface area contributed by atoms with Crippen LogP contribution in [0.5, 0.6) is 0 Å². The van der Waals surface area contributed by atoms with Gasteiger partial charge in [0.2, 0.25) is 5.91 Å². The van der Waals surface area contributed by atoms with Crippen LogP contribution in [0.3, 0.4) is 0 Å². The maximum Gasteiger partial charge on any atom is 0.220 e. The van der Waals surface area contributed by atoms with Crippen LogP contribution in [-0.4, -0.2) is 18.3 Å². The van der Waals surface area contributed by atoms with E-state index in [0.717, 1.165) is 19.4 Å². The van der Waals surface area contributed by atoms with Crippen molar-refractivity contribution < 1.29 is 4.79 Å². The lowest BCUT2D eigenvalue weighted by atomic mass is 9.80. The predicted molar refractivity (Wildman–Crippen MR) is 77.9 cm³/mol. The zero-order chi connectivity index (χ0) is 13.8. The Morgan fingerprint density at radius 2 is 1.89 bits per heavy atom. The van der Waals surface area contributed by atoms with Crippen LogP contribution in [0.1, 0.15) is 59.8 Å². The minimum absolute atomic E-state index is 0.169. The number of amides is 1. The highest BCUT2D eigenvalue weighted by molar-refractivity contribution is 6.18. The van der Waals surface area contributed by atoms with Gasteiger partial charge >= 0.3 is 0 Å². The first-order chi connectivity index (χ1) is 8.29. The molecule has 1 aliphatic rings. The minimum Gasteiger partial charge on any atom is -0.355 e. The molecule has 0 heterocycles. The molecule has 1 aliphatic carbocycles. The van der Waals surface area contributed by atoms with Gasteiger partial charge in [0.15, 0.2) is 0 Å². The summed E-state index contributed by atoms with van der Waals surface area (Å²) in [6.07, 6.45) is 5.43. The summed E-state index contributed by atoms with van der Waals surface area (Å²) < 4.78 is 0.